The molecule has 7 heteroatoms. The van der Waals surface area contributed by atoms with Crippen LogP contribution in [0.3, 0.4) is 0 Å². The summed E-state index contributed by atoms with van der Waals surface area (Å²) in [6, 6.07) is 13.9. The molecule has 0 aliphatic carbocycles. The van der Waals surface area contributed by atoms with Gasteiger partial charge in [-0.1, -0.05) is 46.8 Å². The van der Waals surface area contributed by atoms with E-state index in [1.807, 2.05) is 24.3 Å². The van der Waals surface area contributed by atoms with Crippen molar-refractivity contribution in [2.45, 2.75) is 58.0 Å². The van der Waals surface area contributed by atoms with E-state index in [0.717, 1.165) is 0 Å². The van der Waals surface area contributed by atoms with Crippen molar-refractivity contribution in [1.82, 2.24) is 4.31 Å². The lowest BCUT2D eigenvalue weighted by Crippen LogP contribution is -2.31. The fourth-order valence-electron chi connectivity index (χ4n) is 2.96. The smallest absolute Gasteiger partial charge is 0.265 e. The first kappa shape index (κ1) is 23.9. The quantitative estimate of drug-likeness (QED) is 0.670. The maximum Gasteiger partial charge on any atom is 0.265 e. The Labute approximate surface area is 180 Å². The second kappa shape index (κ2) is 9.62. The van der Waals surface area contributed by atoms with E-state index < -0.39 is 16.1 Å². The second-order valence-electron chi connectivity index (χ2n) is 8.14. The number of carbonyl (C=O) groups excluding carboxylic acids is 1. The molecule has 0 aliphatic heterocycles. The molecule has 30 heavy (non-hydrogen) atoms. The van der Waals surface area contributed by atoms with Crippen LogP contribution in [0, 0.1) is 0 Å². The average molecular weight is 433 g/mol. The minimum absolute atomic E-state index is 0.0481. The number of amides is 1. The Bertz CT molecular complexity index is 942. The van der Waals surface area contributed by atoms with Crippen LogP contribution in [0.25, 0.3) is 0 Å². The molecule has 0 fully saturated rings. The number of carbonyl (C=O) groups is 1. The first-order valence-electron chi connectivity index (χ1n) is 10.2. The van der Waals surface area contributed by atoms with Gasteiger partial charge in [-0.05, 0) is 54.3 Å². The van der Waals surface area contributed by atoms with Gasteiger partial charge in [0.25, 0.3) is 5.91 Å². The van der Waals surface area contributed by atoms with E-state index in [2.05, 4.69) is 26.1 Å². The fraction of sp³-hybridized carbons (Fsp3) is 0.435. The highest BCUT2D eigenvalue weighted by atomic mass is 32.2. The van der Waals surface area contributed by atoms with Gasteiger partial charge in [-0.2, -0.15) is 4.31 Å². The molecule has 1 amide bonds. The molecule has 2 rings (SSSR count). The van der Waals surface area contributed by atoms with Crippen LogP contribution in [0.1, 0.15) is 47.1 Å². The van der Waals surface area contributed by atoms with E-state index in [1.165, 1.54) is 22.0 Å². The van der Waals surface area contributed by atoms with Crippen LogP contribution in [0.4, 0.5) is 5.69 Å². The van der Waals surface area contributed by atoms with Gasteiger partial charge < -0.3 is 10.1 Å². The minimum atomic E-state index is -3.52. The minimum Gasteiger partial charge on any atom is -0.481 e. The summed E-state index contributed by atoms with van der Waals surface area (Å²) in [5, 5.41) is 2.76. The SMILES string of the molecule is CCN(CC)S(=O)(=O)c1ccc(NC(=O)[C@@H](C)Oc2ccc(C(C)(C)C)cc2)cc1. The van der Waals surface area contributed by atoms with Crippen LogP contribution in [0.2, 0.25) is 0 Å². The van der Waals surface area contributed by atoms with Crippen molar-refractivity contribution in [2.75, 3.05) is 18.4 Å². The highest BCUT2D eigenvalue weighted by Gasteiger charge is 2.22. The lowest BCUT2D eigenvalue weighted by molar-refractivity contribution is -0.122. The van der Waals surface area contributed by atoms with Crippen LogP contribution < -0.4 is 10.1 Å². The Morgan fingerprint density at radius 3 is 2.00 bits per heavy atom. The standard InChI is InChI=1S/C23H32N2O4S/c1-7-25(8-2)30(27,28)21-15-11-19(12-16-21)24-22(26)17(3)29-20-13-9-18(10-14-20)23(4,5)6/h9-17H,7-8H2,1-6H3,(H,24,26)/t17-/m1/s1. The van der Waals surface area contributed by atoms with E-state index in [-0.39, 0.29) is 16.2 Å². The molecular formula is C23H32N2O4S. The fourth-order valence-corrected chi connectivity index (χ4v) is 4.42. The first-order valence-corrected chi connectivity index (χ1v) is 11.6. The number of sulfonamides is 1. The normalized spacial score (nSPS) is 13.2. The Kier molecular flexibility index (Phi) is 7.66. The highest BCUT2D eigenvalue weighted by Crippen LogP contribution is 2.25. The molecule has 0 radical (unpaired) electrons. The monoisotopic (exact) mass is 432 g/mol. The van der Waals surface area contributed by atoms with E-state index in [0.29, 0.717) is 24.5 Å². The van der Waals surface area contributed by atoms with Crippen molar-refractivity contribution >= 4 is 21.6 Å². The molecule has 0 aromatic heterocycles. The zero-order valence-electron chi connectivity index (χ0n) is 18.6. The Morgan fingerprint density at radius 2 is 1.53 bits per heavy atom. The van der Waals surface area contributed by atoms with Crippen molar-refractivity contribution in [3.8, 4) is 5.75 Å². The lowest BCUT2D eigenvalue weighted by atomic mass is 9.87. The zero-order chi connectivity index (χ0) is 22.5. The van der Waals surface area contributed by atoms with E-state index in [9.17, 15) is 13.2 Å². The van der Waals surface area contributed by atoms with Gasteiger partial charge >= 0.3 is 0 Å². The molecule has 0 spiro atoms. The van der Waals surface area contributed by atoms with Gasteiger partial charge in [-0.15, -0.1) is 0 Å². The van der Waals surface area contributed by atoms with Gasteiger partial charge in [0.15, 0.2) is 6.10 Å². The van der Waals surface area contributed by atoms with Crippen LogP contribution in [0.5, 0.6) is 5.75 Å². The van der Waals surface area contributed by atoms with Crippen molar-refractivity contribution in [3.63, 3.8) is 0 Å². The van der Waals surface area contributed by atoms with Crippen molar-refractivity contribution < 1.29 is 17.9 Å². The molecule has 0 heterocycles. The third kappa shape index (κ3) is 5.83. The number of anilines is 1. The van der Waals surface area contributed by atoms with E-state index in [4.69, 9.17) is 4.74 Å². The molecule has 2 aromatic carbocycles. The Morgan fingerprint density at radius 1 is 1.00 bits per heavy atom. The summed E-state index contributed by atoms with van der Waals surface area (Å²) in [4.78, 5) is 12.7. The average Bonchev–Trinajstić information content (AvgIpc) is 2.68. The molecule has 6 nitrogen and oxygen atoms in total. The third-order valence-corrected chi connectivity index (χ3v) is 6.93. The summed E-state index contributed by atoms with van der Waals surface area (Å²) in [6.45, 7) is 12.5. The zero-order valence-corrected chi connectivity index (χ0v) is 19.4. The Hall–Kier alpha value is -2.38. The highest BCUT2D eigenvalue weighted by molar-refractivity contribution is 7.89. The summed E-state index contributed by atoms with van der Waals surface area (Å²) in [6.07, 6.45) is -0.704. The molecule has 0 saturated carbocycles. The Balaban J connectivity index is 2.02. The predicted octanol–water partition coefficient (Wildman–Crippen LogP) is 4.42. The number of ether oxygens (including phenoxy) is 1. The van der Waals surface area contributed by atoms with E-state index in [1.54, 1.807) is 32.9 Å². The molecule has 0 unspecified atom stereocenters. The number of rotatable bonds is 8. The largest absolute Gasteiger partial charge is 0.481 e. The van der Waals surface area contributed by atoms with Gasteiger partial charge in [0.1, 0.15) is 5.75 Å². The van der Waals surface area contributed by atoms with E-state index >= 15 is 0 Å². The number of nitrogens with zero attached hydrogens (tertiary/aromatic N) is 1. The molecule has 1 N–H and O–H groups in total. The molecular weight excluding hydrogens is 400 g/mol. The summed E-state index contributed by atoms with van der Waals surface area (Å²) in [5.74, 6) is 0.306. The maximum absolute atomic E-state index is 12.5. The second-order valence-corrected chi connectivity index (χ2v) is 10.1. The van der Waals surface area contributed by atoms with Crippen LogP contribution >= 0.6 is 0 Å². The van der Waals surface area contributed by atoms with Gasteiger partial charge in [-0.3, -0.25) is 4.79 Å². The summed E-state index contributed by atoms with van der Waals surface area (Å²) >= 11 is 0. The number of hydrogen-bond donors (Lipinski definition) is 1. The molecule has 0 aliphatic rings. The number of nitrogens with one attached hydrogen (secondary N) is 1. The lowest BCUT2D eigenvalue weighted by Gasteiger charge is -2.20. The summed E-state index contributed by atoms with van der Waals surface area (Å²) < 4.78 is 32.2. The maximum atomic E-state index is 12.5. The van der Waals surface area contributed by atoms with Crippen molar-refractivity contribution in [3.05, 3.63) is 54.1 Å². The van der Waals surface area contributed by atoms with Crippen molar-refractivity contribution in [1.29, 1.82) is 0 Å². The van der Waals surface area contributed by atoms with Gasteiger partial charge in [0.2, 0.25) is 10.0 Å². The van der Waals surface area contributed by atoms with Gasteiger partial charge in [-0.25, -0.2) is 8.42 Å². The topological polar surface area (TPSA) is 75.7 Å². The predicted molar refractivity (Wildman–Crippen MR) is 120 cm³/mol. The van der Waals surface area contributed by atoms with Crippen LogP contribution in [-0.2, 0) is 20.2 Å². The molecule has 0 bridgehead atoms. The first-order chi connectivity index (χ1) is 14.0. The van der Waals surface area contributed by atoms with Gasteiger partial charge in [0.05, 0.1) is 4.90 Å². The molecule has 164 valence electrons. The number of hydrogen-bond acceptors (Lipinski definition) is 4. The molecule has 0 saturated heterocycles. The number of benzene rings is 2. The van der Waals surface area contributed by atoms with Gasteiger partial charge in [0, 0.05) is 18.8 Å². The van der Waals surface area contributed by atoms with Crippen molar-refractivity contribution in [2.24, 2.45) is 0 Å². The summed E-state index contributed by atoms with van der Waals surface area (Å²) in [7, 11) is -3.52. The van der Waals surface area contributed by atoms with Crippen LogP contribution in [-0.4, -0.2) is 37.8 Å². The van der Waals surface area contributed by atoms with Crippen LogP contribution in [0.15, 0.2) is 53.4 Å². The summed E-state index contributed by atoms with van der Waals surface area (Å²) in [5.41, 5.74) is 1.75. The molecule has 2 aromatic rings. The molecule has 1 atom stereocenters. The third-order valence-electron chi connectivity index (χ3n) is 4.87.